The highest BCUT2D eigenvalue weighted by Gasteiger charge is 2.52. The molecule has 0 radical (unpaired) electrons. The van der Waals surface area contributed by atoms with Crippen molar-refractivity contribution in [3.63, 3.8) is 0 Å². The lowest BCUT2D eigenvalue weighted by Gasteiger charge is -2.36. The van der Waals surface area contributed by atoms with Gasteiger partial charge in [0.05, 0.1) is 30.6 Å². The van der Waals surface area contributed by atoms with Gasteiger partial charge < -0.3 is 20.3 Å². The second-order valence-electron chi connectivity index (χ2n) is 15.1. The standard InChI is InChI=1S/C40H44F4N8O5S/c1-4-24-18-27(52-37(58)51(36(56)38(52,2)3)28-20-29(40(42,43)44)31(21-45)46-22-28)8-10-32(24)57-17-14-39(41)12-15-50(16-13-39)23-34(54)48-26-7-5-6-25(19-26)47-30-9-11-33(53)49-35(30)55/h5-8,10,18-20,22,30,37,47,58H,4,9,11-17,23H2,1-3H3,(H,48,54)(H,49,53,55). The highest BCUT2D eigenvalue weighted by atomic mass is 32.1. The SMILES string of the molecule is CCc1cc(N2C(S)N(c3cnc(C#N)c(C(F)(F)F)c3)C(=O)C2(C)C)ccc1OCCC1(F)CCN(CC(=O)Nc2cccc(NC3CCC(=O)NC3=O)c2)CC1. The van der Waals surface area contributed by atoms with E-state index >= 15 is 4.39 Å². The molecule has 4 heterocycles. The van der Waals surface area contributed by atoms with E-state index in [0.29, 0.717) is 48.7 Å². The molecule has 2 atom stereocenters. The van der Waals surface area contributed by atoms with Gasteiger partial charge in [-0.05, 0) is 87.6 Å². The molecule has 3 aliphatic heterocycles. The van der Waals surface area contributed by atoms with E-state index in [1.807, 2.05) is 17.9 Å². The topological polar surface area (TPSA) is 160 Å². The fourth-order valence-electron chi connectivity index (χ4n) is 7.47. The molecule has 0 spiro atoms. The molecule has 2 aromatic carbocycles. The molecule has 308 valence electrons. The van der Waals surface area contributed by atoms with Gasteiger partial charge in [0.25, 0.3) is 5.91 Å². The Hall–Kier alpha value is -5.41. The third-order valence-corrected chi connectivity index (χ3v) is 11.2. The Bertz CT molecular complexity index is 2120. The van der Waals surface area contributed by atoms with Crippen LogP contribution in [0.15, 0.2) is 54.7 Å². The van der Waals surface area contributed by atoms with Gasteiger partial charge in [-0.1, -0.05) is 13.0 Å². The second kappa shape index (κ2) is 16.8. The minimum atomic E-state index is -4.86. The molecule has 6 rings (SSSR count). The molecule has 18 heteroatoms. The summed E-state index contributed by atoms with van der Waals surface area (Å²) in [6.07, 6.45) is -2.12. The Labute approximate surface area is 338 Å². The van der Waals surface area contributed by atoms with Gasteiger partial charge in [-0.15, -0.1) is 12.6 Å². The number of pyridine rings is 1. The molecule has 3 aliphatic rings. The largest absolute Gasteiger partial charge is 0.493 e. The Morgan fingerprint density at radius 1 is 1.09 bits per heavy atom. The van der Waals surface area contributed by atoms with Gasteiger partial charge in [0.2, 0.25) is 17.7 Å². The van der Waals surface area contributed by atoms with Gasteiger partial charge >= 0.3 is 6.18 Å². The van der Waals surface area contributed by atoms with Crippen molar-refractivity contribution in [2.45, 2.75) is 88.2 Å². The van der Waals surface area contributed by atoms with E-state index in [-0.39, 0.29) is 56.3 Å². The third-order valence-electron chi connectivity index (χ3n) is 10.7. The van der Waals surface area contributed by atoms with Crippen molar-refractivity contribution in [3.05, 3.63) is 71.5 Å². The number of thiol groups is 1. The summed E-state index contributed by atoms with van der Waals surface area (Å²) < 4.78 is 63.2. The quantitative estimate of drug-likeness (QED) is 0.0998. The zero-order valence-corrected chi connectivity index (χ0v) is 33.1. The van der Waals surface area contributed by atoms with Crippen molar-refractivity contribution in [1.82, 2.24) is 15.2 Å². The van der Waals surface area contributed by atoms with Crippen LogP contribution in [0.3, 0.4) is 0 Å². The molecule has 3 aromatic rings. The minimum absolute atomic E-state index is 0.0763. The average Bonchev–Trinajstić information content (AvgIpc) is 3.35. The van der Waals surface area contributed by atoms with Crippen molar-refractivity contribution >= 4 is 59.0 Å². The number of nitrogens with zero attached hydrogens (tertiary/aromatic N) is 5. The van der Waals surface area contributed by atoms with Crippen LogP contribution in [-0.4, -0.2) is 82.5 Å². The van der Waals surface area contributed by atoms with Gasteiger partial charge in [0, 0.05) is 43.0 Å². The first-order valence-electron chi connectivity index (χ1n) is 18.9. The van der Waals surface area contributed by atoms with Gasteiger partial charge in [0.1, 0.15) is 29.1 Å². The first-order chi connectivity index (χ1) is 27.4. The number of hydrogen-bond acceptors (Lipinski definition) is 11. The van der Waals surface area contributed by atoms with Crippen LogP contribution in [0.2, 0.25) is 0 Å². The number of halogens is 4. The number of aromatic nitrogens is 1. The molecule has 0 bridgehead atoms. The van der Waals surface area contributed by atoms with E-state index in [1.54, 1.807) is 55.1 Å². The van der Waals surface area contributed by atoms with Gasteiger partial charge in [-0.3, -0.25) is 34.3 Å². The summed E-state index contributed by atoms with van der Waals surface area (Å²) in [4.78, 5) is 58.5. The fraction of sp³-hybridized carbons (Fsp3) is 0.450. The summed E-state index contributed by atoms with van der Waals surface area (Å²) in [5.41, 5.74) is -3.46. The van der Waals surface area contributed by atoms with Crippen LogP contribution < -0.4 is 30.5 Å². The van der Waals surface area contributed by atoms with E-state index in [4.69, 9.17) is 10.00 Å². The van der Waals surface area contributed by atoms with Crippen molar-refractivity contribution in [2.75, 3.05) is 46.7 Å². The lowest BCUT2D eigenvalue weighted by Crippen LogP contribution is -2.47. The maximum atomic E-state index is 15.9. The predicted octanol–water partition coefficient (Wildman–Crippen LogP) is 5.81. The number of hydrogen-bond donors (Lipinski definition) is 4. The number of ether oxygens (including phenoxy) is 1. The maximum absolute atomic E-state index is 15.9. The maximum Gasteiger partial charge on any atom is 0.419 e. The molecule has 1 aromatic heterocycles. The van der Waals surface area contributed by atoms with Gasteiger partial charge in [-0.25, -0.2) is 9.37 Å². The molecule has 2 unspecified atom stereocenters. The zero-order valence-electron chi connectivity index (χ0n) is 32.2. The number of nitriles is 1. The number of anilines is 4. The summed E-state index contributed by atoms with van der Waals surface area (Å²) >= 11 is 4.66. The Balaban J connectivity index is 1.01. The highest BCUT2D eigenvalue weighted by molar-refractivity contribution is 7.81. The molecule has 3 fully saturated rings. The Morgan fingerprint density at radius 2 is 1.81 bits per heavy atom. The highest BCUT2D eigenvalue weighted by Crippen LogP contribution is 2.43. The van der Waals surface area contributed by atoms with Crippen LogP contribution in [0.25, 0.3) is 0 Å². The smallest absolute Gasteiger partial charge is 0.419 e. The number of imide groups is 1. The fourth-order valence-corrected chi connectivity index (χ4v) is 8.13. The molecule has 58 heavy (non-hydrogen) atoms. The van der Waals surface area contributed by atoms with Gasteiger partial charge in [0.15, 0.2) is 11.2 Å². The van der Waals surface area contributed by atoms with Crippen LogP contribution in [-0.2, 0) is 31.8 Å². The summed E-state index contributed by atoms with van der Waals surface area (Å²) in [7, 11) is 0. The van der Waals surface area contributed by atoms with E-state index in [1.165, 1.54) is 6.07 Å². The van der Waals surface area contributed by atoms with E-state index < -0.39 is 52.0 Å². The number of aryl methyl sites for hydroxylation is 1. The summed E-state index contributed by atoms with van der Waals surface area (Å²) in [6.45, 7) is 6.10. The number of benzene rings is 2. The third kappa shape index (κ3) is 9.15. The predicted molar refractivity (Wildman–Crippen MR) is 211 cm³/mol. The molecule has 0 saturated carbocycles. The van der Waals surface area contributed by atoms with E-state index in [0.717, 1.165) is 22.7 Å². The summed E-state index contributed by atoms with van der Waals surface area (Å²) in [5, 5.41) is 17.4. The number of carbonyl (C=O) groups excluding carboxylic acids is 4. The van der Waals surface area contributed by atoms with Crippen LogP contribution >= 0.6 is 12.6 Å². The first kappa shape index (κ1) is 42.2. The molecule has 13 nitrogen and oxygen atoms in total. The van der Waals surface area contributed by atoms with Crippen LogP contribution in [0.1, 0.15) is 69.7 Å². The number of carbonyl (C=O) groups is 4. The average molecular weight is 825 g/mol. The lowest BCUT2D eigenvalue weighted by atomic mass is 9.90. The minimum Gasteiger partial charge on any atom is -0.493 e. The van der Waals surface area contributed by atoms with E-state index in [2.05, 4.69) is 33.6 Å². The molecule has 0 aliphatic carbocycles. The second-order valence-corrected chi connectivity index (χ2v) is 15.6. The van der Waals surface area contributed by atoms with Crippen molar-refractivity contribution in [3.8, 4) is 11.8 Å². The number of nitrogens with one attached hydrogen (secondary N) is 3. The van der Waals surface area contributed by atoms with Crippen molar-refractivity contribution in [1.29, 1.82) is 5.26 Å². The van der Waals surface area contributed by atoms with Crippen LogP contribution in [0.4, 0.5) is 40.3 Å². The number of piperidine rings is 2. The molecular formula is C40H44F4N8O5S. The monoisotopic (exact) mass is 824 g/mol. The zero-order chi connectivity index (χ0) is 42.0. The molecule has 4 amide bonds. The molecular weight excluding hydrogens is 781 g/mol. The Morgan fingerprint density at radius 3 is 2.48 bits per heavy atom. The number of amides is 4. The van der Waals surface area contributed by atoms with E-state index in [9.17, 15) is 32.3 Å². The molecule has 3 N–H and O–H groups in total. The summed E-state index contributed by atoms with van der Waals surface area (Å²) in [6, 6.07) is 13.8. The number of likely N-dealkylation sites (tertiary alicyclic amines) is 1. The van der Waals surface area contributed by atoms with Crippen molar-refractivity contribution in [2.24, 2.45) is 0 Å². The summed E-state index contributed by atoms with van der Waals surface area (Å²) in [5.74, 6) is -0.948. The van der Waals surface area contributed by atoms with Gasteiger partial charge in [-0.2, -0.15) is 18.4 Å². The van der Waals surface area contributed by atoms with Crippen LogP contribution in [0.5, 0.6) is 5.75 Å². The van der Waals surface area contributed by atoms with Crippen molar-refractivity contribution < 1.29 is 41.5 Å². The number of alkyl halides is 4. The molecule has 3 saturated heterocycles. The van der Waals surface area contributed by atoms with Crippen LogP contribution in [0, 0.1) is 11.3 Å². The normalized spacial score (nSPS) is 20.7. The Kier molecular flexibility index (Phi) is 12.2. The lowest BCUT2D eigenvalue weighted by molar-refractivity contribution is -0.138. The number of rotatable bonds is 12. The first-order valence-corrected chi connectivity index (χ1v) is 19.4.